The van der Waals surface area contributed by atoms with Gasteiger partial charge in [-0.05, 0) is 30.0 Å². The lowest BCUT2D eigenvalue weighted by Crippen LogP contribution is -2.07. The van der Waals surface area contributed by atoms with Crippen molar-refractivity contribution in [2.45, 2.75) is 12.8 Å². The summed E-state index contributed by atoms with van der Waals surface area (Å²) in [4.78, 5) is 15.7. The number of hydrogen-bond acceptors (Lipinski definition) is 3. The first-order valence-corrected chi connectivity index (χ1v) is 5.86. The topological polar surface area (TPSA) is 39.2 Å². The van der Waals surface area contributed by atoms with E-state index in [0.717, 1.165) is 18.4 Å². The Morgan fingerprint density at radius 2 is 1.94 bits per heavy atom. The van der Waals surface area contributed by atoms with Gasteiger partial charge >= 0.3 is 5.97 Å². The van der Waals surface area contributed by atoms with Gasteiger partial charge in [-0.25, -0.2) is 4.79 Å². The van der Waals surface area contributed by atoms with Crippen LogP contribution in [0.5, 0.6) is 0 Å². The molecule has 0 N–H and O–H groups in total. The van der Waals surface area contributed by atoms with E-state index in [-0.39, 0.29) is 5.97 Å². The molecule has 0 atom stereocenters. The fourth-order valence-electron chi connectivity index (χ4n) is 1.86. The van der Waals surface area contributed by atoms with Gasteiger partial charge < -0.3 is 4.74 Å². The van der Waals surface area contributed by atoms with Crippen LogP contribution in [0.3, 0.4) is 0 Å². The Balaban J connectivity index is 2.12. The van der Waals surface area contributed by atoms with E-state index in [9.17, 15) is 4.79 Å². The van der Waals surface area contributed by atoms with Crippen LogP contribution in [0.25, 0.3) is 0 Å². The maximum absolute atomic E-state index is 11.6. The number of hydrogen-bond donors (Lipinski definition) is 0. The summed E-state index contributed by atoms with van der Waals surface area (Å²) in [5.74, 6) is -0.305. The van der Waals surface area contributed by atoms with Crippen LogP contribution in [0.2, 0.25) is 0 Å². The van der Waals surface area contributed by atoms with Gasteiger partial charge in [-0.15, -0.1) is 0 Å². The molecule has 0 aliphatic heterocycles. The number of aryl methyl sites for hydroxylation is 2. The van der Waals surface area contributed by atoms with Crippen LogP contribution in [0.4, 0.5) is 0 Å². The zero-order valence-electron chi connectivity index (χ0n) is 10.3. The maximum Gasteiger partial charge on any atom is 0.338 e. The highest BCUT2D eigenvalue weighted by atomic mass is 16.5. The summed E-state index contributed by atoms with van der Waals surface area (Å²) in [5.41, 5.74) is 2.77. The highest BCUT2D eigenvalue weighted by Gasteiger charge is 2.11. The van der Waals surface area contributed by atoms with Gasteiger partial charge in [0.15, 0.2) is 0 Å². The summed E-state index contributed by atoms with van der Waals surface area (Å²) in [6.07, 6.45) is 5.01. The van der Waals surface area contributed by atoms with Gasteiger partial charge in [0.25, 0.3) is 0 Å². The third-order valence-corrected chi connectivity index (χ3v) is 2.83. The largest absolute Gasteiger partial charge is 0.465 e. The van der Waals surface area contributed by atoms with Crippen LogP contribution in [0.1, 0.15) is 21.5 Å². The number of ether oxygens (including phenoxy) is 1. The van der Waals surface area contributed by atoms with Crippen molar-refractivity contribution in [3.8, 4) is 0 Å². The number of carbonyl (C=O) groups is 1. The molecule has 1 aromatic carbocycles. The molecule has 2 aromatic rings. The number of carbonyl (C=O) groups excluding carboxylic acids is 1. The predicted molar refractivity (Wildman–Crippen MR) is 69.4 cm³/mol. The molecule has 3 nitrogen and oxygen atoms in total. The van der Waals surface area contributed by atoms with Crippen molar-refractivity contribution in [2.75, 3.05) is 7.11 Å². The van der Waals surface area contributed by atoms with Crippen molar-refractivity contribution in [1.29, 1.82) is 0 Å². The normalized spacial score (nSPS) is 10.1. The van der Waals surface area contributed by atoms with Crippen molar-refractivity contribution < 1.29 is 9.53 Å². The summed E-state index contributed by atoms with van der Waals surface area (Å²) < 4.78 is 4.76. The number of nitrogens with zero attached hydrogens (tertiary/aromatic N) is 1. The Hall–Kier alpha value is -2.16. The van der Waals surface area contributed by atoms with Crippen LogP contribution in [-0.2, 0) is 17.6 Å². The summed E-state index contributed by atoms with van der Waals surface area (Å²) in [5, 5.41) is 0. The molecule has 0 unspecified atom stereocenters. The van der Waals surface area contributed by atoms with Gasteiger partial charge in [0.2, 0.25) is 0 Å². The monoisotopic (exact) mass is 241 g/mol. The van der Waals surface area contributed by atoms with Gasteiger partial charge in [0.1, 0.15) is 0 Å². The molecule has 92 valence electrons. The van der Waals surface area contributed by atoms with Crippen molar-refractivity contribution in [2.24, 2.45) is 0 Å². The number of benzene rings is 1. The Morgan fingerprint density at radius 1 is 1.17 bits per heavy atom. The average molecular weight is 241 g/mol. The summed E-state index contributed by atoms with van der Waals surface area (Å²) in [6.45, 7) is 0. The Bertz CT molecular complexity index is 523. The fourth-order valence-corrected chi connectivity index (χ4v) is 1.86. The molecular formula is C15H15NO2. The summed E-state index contributed by atoms with van der Waals surface area (Å²) in [6, 6.07) is 11.9. The number of methoxy groups -OCH3 is 1. The minimum absolute atomic E-state index is 0.305. The molecule has 0 bridgehead atoms. The number of esters is 1. The molecule has 0 aliphatic rings. The quantitative estimate of drug-likeness (QED) is 0.772. The van der Waals surface area contributed by atoms with Crippen molar-refractivity contribution in [1.82, 2.24) is 4.98 Å². The van der Waals surface area contributed by atoms with Crippen molar-refractivity contribution in [3.05, 3.63) is 65.5 Å². The standard InChI is InChI=1S/C15H15NO2/c1-18-15(17)14-9-10-16-11-13(14)8-7-12-5-3-2-4-6-12/h2-6,9-11H,7-8H2,1H3. The molecule has 0 radical (unpaired) electrons. The first-order valence-electron chi connectivity index (χ1n) is 5.86. The van der Waals surface area contributed by atoms with E-state index >= 15 is 0 Å². The molecule has 0 saturated carbocycles. The molecule has 2 rings (SSSR count). The third kappa shape index (κ3) is 2.94. The third-order valence-electron chi connectivity index (χ3n) is 2.83. The number of aromatic nitrogens is 1. The van der Waals surface area contributed by atoms with Crippen molar-refractivity contribution in [3.63, 3.8) is 0 Å². The minimum Gasteiger partial charge on any atom is -0.465 e. The number of pyridine rings is 1. The van der Waals surface area contributed by atoms with E-state index < -0.39 is 0 Å². The van der Waals surface area contributed by atoms with E-state index in [0.29, 0.717) is 5.56 Å². The summed E-state index contributed by atoms with van der Waals surface area (Å²) >= 11 is 0. The van der Waals surface area contributed by atoms with Gasteiger partial charge in [0, 0.05) is 12.4 Å². The molecule has 18 heavy (non-hydrogen) atoms. The van der Waals surface area contributed by atoms with Gasteiger partial charge in [-0.3, -0.25) is 4.98 Å². The first kappa shape index (κ1) is 12.3. The molecule has 0 saturated heterocycles. The minimum atomic E-state index is -0.305. The molecule has 1 aromatic heterocycles. The molecule has 0 aliphatic carbocycles. The molecule has 1 heterocycles. The highest BCUT2D eigenvalue weighted by molar-refractivity contribution is 5.90. The van der Waals surface area contributed by atoms with Crippen LogP contribution >= 0.6 is 0 Å². The van der Waals surface area contributed by atoms with E-state index in [1.165, 1.54) is 12.7 Å². The second kappa shape index (κ2) is 5.96. The molecule has 0 amide bonds. The second-order valence-electron chi connectivity index (χ2n) is 4.01. The Kier molecular flexibility index (Phi) is 4.07. The fraction of sp³-hybridized carbons (Fsp3) is 0.200. The van der Waals surface area contributed by atoms with E-state index in [2.05, 4.69) is 17.1 Å². The summed E-state index contributed by atoms with van der Waals surface area (Å²) in [7, 11) is 1.39. The van der Waals surface area contributed by atoms with E-state index in [1.807, 2.05) is 18.2 Å². The van der Waals surface area contributed by atoms with Gasteiger partial charge in [0.05, 0.1) is 12.7 Å². The van der Waals surface area contributed by atoms with Crippen LogP contribution in [0.15, 0.2) is 48.8 Å². The molecule has 0 fully saturated rings. The highest BCUT2D eigenvalue weighted by Crippen LogP contribution is 2.12. The van der Waals surface area contributed by atoms with E-state index in [1.54, 1.807) is 18.5 Å². The molecule has 3 heteroatoms. The van der Waals surface area contributed by atoms with Crippen LogP contribution in [-0.4, -0.2) is 18.1 Å². The van der Waals surface area contributed by atoms with E-state index in [4.69, 9.17) is 4.74 Å². The van der Waals surface area contributed by atoms with Gasteiger partial charge in [-0.1, -0.05) is 30.3 Å². The smallest absolute Gasteiger partial charge is 0.338 e. The first-order chi connectivity index (χ1) is 8.81. The molecular weight excluding hydrogens is 226 g/mol. The SMILES string of the molecule is COC(=O)c1ccncc1CCc1ccccc1. The lowest BCUT2D eigenvalue weighted by molar-refractivity contribution is 0.0599. The maximum atomic E-state index is 11.6. The van der Waals surface area contributed by atoms with Crippen LogP contribution < -0.4 is 0 Å². The average Bonchev–Trinajstić information content (AvgIpc) is 2.45. The Labute approximate surface area is 106 Å². The lowest BCUT2D eigenvalue weighted by Gasteiger charge is -2.07. The van der Waals surface area contributed by atoms with Gasteiger partial charge in [-0.2, -0.15) is 0 Å². The lowest BCUT2D eigenvalue weighted by atomic mass is 10.0. The Morgan fingerprint density at radius 3 is 2.67 bits per heavy atom. The zero-order chi connectivity index (χ0) is 12.8. The second-order valence-corrected chi connectivity index (χ2v) is 4.01. The van der Waals surface area contributed by atoms with Crippen molar-refractivity contribution >= 4 is 5.97 Å². The van der Waals surface area contributed by atoms with Crippen LogP contribution in [0, 0.1) is 0 Å². The molecule has 0 spiro atoms. The number of rotatable bonds is 4. The predicted octanol–water partition coefficient (Wildman–Crippen LogP) is 2.65. The zero-order valence-corrected chi connectivity index (χ0v) is 10.3.